The van der Waals surface area contributed by atoms with Crippen LogP contribution in [0.15, 0.2) is 72.8 Å². The number of benzene rings is 3. The topological polar surface area (TPSA) is 67.0 Å². The van der Waals surface area contributed by atoms with Crippen molar-refractivity contribution in [1.29, 1.82) is 0 Å². The SMILES string of the molecule is COCc1c(C(=O)N[C@@H](Cc2ccccc2)c2nc3ccccc3[nH]2)sc2cccc(F)c12. The zero-order valence-corrected chi connectivity index (χ0v) is 18.8. The fourth-order valence-corrected chi connectivity index (χ4v) is 5.19. The molecular weight excluding hydrogens is 437 g/mol. The first kappa shape index (κ1) is 21.3. The molecule has 1 atom stereocenters. The lowest BCUT2D eigenvalue weighted by atomic mass is 10.0. The first-order valence-corrected chi connectivity index (χ1v) is 11.4. The van der Waals surface area contributed by atoms with Gasteiger partial charge in [0.2, 0.25) is 0 Å². The monoisotopic (exact) mass is 459 g/mol. The summed E-state index contributed by atoms with van der Waals surface area (Å²) in [5.74, 6) is 0.0472. The summed E-state index contributed by atoms with van der Waals surface area (Å²) in [6, 6.07) is 22.2. The van der Waals surface area contributed by atoms with Gasteiger partial charge in [0.15, 0.2) is 0 Å². The Bertz CT molecular complexity index is 1390. The van der Waals surface area contributed by atoms with Crippen molar-refractivity contribution in [2.45, 2.75) is 19.1 Å². The fraction of sp³-hybridized carbons (Fsp3) is 0.154. The van der Waals surface area contributed by atoms with Crippen molar-refractivity contribution in [2.24, 2.45) is 0 Å². The minimum Gasteiger partial charge on any atom is -0.380 e. The fourth-order valence-electron chi connectivity index (χ4n) is 4.06. The Kier molecular flexibility index (Phi) is 5.90. The Balaban J connectivity index is 1.53. The van der Waals surface area contributed by atoms with E-state index >= 15 is 0 Å². The number of aromatic amines is 1. The van der Waals surface area contributed by atoms with E-state index < -0.39 is 6.04 Å². The molecule has 2 N–H and O–H groups in total. The largest absolute Gasteiger partial charge is 0.380 e. The number of amides is 1. The molecule has 0 unspecified atom stereocenters. The number of nitrogens with one attached hydrogen (secondary N) is 2. The number of rotatable bonds is 7. The molecule has 1 amide bonds. The van der Waals surface area contributed by atoms with E-state index in [0.29, 0.717) is 28.1 Å². The molecule has 0 spiro atoms. The van der Waals surface area contributed by atoms with Gasteiger partial charge in [-0.1, -0.05) is 48.5 Å². The first-order valence-electron chi connectivity index (χ1n) is 10.6. The minimum absolute atomic E-state index is 0.150. The highest BCUT2D eigenvalue weighted by molar-refractivity contribution is 7.21. The molecule has 2 heterocycles. The number of H-pyrrole nitrogens is 1. The molecule has 0 radical (unpaired) electrons. The zero-order chi connectivity index (χ0) is 22.8. The first-order chi connectivity index (χ1) is 16.1. The molecule has 0 bridgehead atoms. The summed E-state index contributed by atoms with van der Waals surface area (Å²) in [6.45, 7) is 0.150. The molecule has 0 aliphatic heterocycles. The Labute approximate surface area is 194 Å². The smallest absolute Gasteiger partial charge is 0.262 e. The van der Waals surface area contributed by atoms with E-state index in [1.54, 1.807) is 13.2 Å². The highest BCUT2D eigenvalue weighted by Crippen LogP contribution is 2.34. The summed E-state index contributed by atoms with van der Waals surface area (Å²) in [5.41, 5.74) is 3.38. The van der Waals surface area contributed by atoms with Crippen LogP contribution in [-0.2, 0) is 17.8 Å². The van der Waals surface area contributed by atoms with Crippen LogP contribution in [0.3, 0.4) is 0 Å². The number of imidazole rings is 1. The van der Waals surface area contributed by atoms with E-state index in [0.717, 1.165) is 21.3 Å². The molecule has 3 aromatic carbocycles. The average Bonchev–Trinajstić information content (AvgIpc) is 3.42. The predicted molar refractivity (Wildman–Crippen MR) is 129 cm³/mol. The van der Waals surface area contributed by atoms with E-state index in [1.165, 1.54) is 17.4 Å². The number of aromatic nitrogens is 2. The quantitative estimate of drug-likeness (QED) is 0.324. The summed E-state index contributed by atoms with van der Waals surface area (Å²) in [7, 11) is 1.54. The van der Waals surface area contributed by atoms with E-state index in [1.807, 2.05) is 60.7 Å². The summed E-state index contributed by atoms with van der Waals surface area (Å²) < 4.78 is 20.6. The molecule has 2 aromatic heterocycles. The van der Waals surface area contributed by atoms with Gasteiger partial charge in [0.05, 0.1) is 28.6 Å². The third-order valence-electron chi connectivity index (χ3n) is 5.58. The number of nitrogens with zero attached hydrogens (tertiary/aromatic N) is 1. The number of halogens is 1. The lowest BCUT2D eigenvalue weighted by Gasteiger charge is -2.17. The van der Waals surface area contributed by atoms with Gasteiger partial charge in [0.25, 0.3) is 5.91 Å². The number of carbonyl (C=O) groups excluding carboxylic acids is 1. The molecular formula is C26H22FN3O2S. The second kappa shape index (κ2) is 9.13. The van der Waals surface area contributed by atoms with Gasteiger partial charge in [-0.05, 0) is 36.2 Å². The van der Waals surface area contributed by atoms with Crippen molar-refractivity contribution in [3.63, 3.8) is 0 Å². The Hall–Kier alpha value is -3.55. The molecule has 166 valence electrons. The maximum absolute atomic E-state index is 14.6. The van der Waals surface area contributed by atoms with Gasteiger partial charge in [0.1, 0.15) is 11.6 Å². The maximum Gasteiger partial charge on any atom is 0.262 e. The molecule has 5 nitrogen and oxygen atoms in total. The van der Waals surface area contributed by atoms with Crippen LogP contribution < -0.4 is 5.32 Å². The Morgan fingerprint density at radius 3 is 2.67 bits per heavy atom. The third-order valence-corrected chi connectivity index (χ3v) is 6.78. The van der Waals surface area contributed by atoms with Crippen LogP contribution in [0.2, 0.25) is 0 Å². The molecule has 5 aromatic rings. The molecule has 0 aliphatic carbocycles. The van der Waals surface area contributed by atoms with Gasteiger partial charge in [-0.3, -0.25) is 4.79 Å². The van der Waals surface area contributed by atoms with Crippen LogP contribution >= 0.6 is 11.3 Å². The summed E-state index contributed by atoms with van der Waals surface area (Å²) in [6.07, 6.45) is 0.561. The molecule has 0 aliphatic rings. The minimum atomic E-state index is -0.391. The Morgan fingerprint density at radius 2 is 1.88 bits per heavy atom. The van der Waals surface area contributed by atoms with Crippen molar-refractivity contribution < 1.29 is 13.9 Å². The summed E-state index contributed by atoms with van der Waals surface area (Å²) in [5, 5.41) is 3.58. The second-order valence-electron chi connectivity index (χ2n) is 7.81. The molecule has 7 heteroatoms. The normalized spacial score (nSPS) is 12.3. The van der Waals surface area contributed by atoms with Crippen LogP contribution in [0.25, 0.3) is 21.1 Å². The van der Waals surface area contributed by atoms with Gasteiger partial charge in [-0.25, -0.2) is 9.37 Å². The van der Waals surface area contributed by atoms with E-state index in [9.17, 15) is 9.18 Å². The van der Waals surface area contributed by atoms with Crippen LogP contribution in [0.4, 0.5) is 4.39 Å². The Morgan fingerprint density at radius 1 is 1.09 bits per heavy atom. The van der Waals surface area contributed by atoms with Crippen molar-refractivity contribution in [3.8, 4) is 0 Å². The third kappa shape index (κ3) is 4.25. The lowest BCUT2D eigenvalue weighted by Crippen LogP contribution is -2.30. The second-order valence-corrected chi connectivity index (χ2v) is 8.86. The lowest BCUT2D eigenvalue weighted by molar-refractivity contribution is 0.0935. The maximum atomic E-state index is 14.6. The zero-order valence-electron chi connectivity index (χ0n) is 18.0. The van der Waals surface area contributed by atoms with Gasteiger partial charge >= 0.3 is 0 Å². The highest BCUT2D eigenvalue weighted by atomic mass is 32.1. The molecule has 0 fully saturated rings. The number of ether oxygens (including phenoxy) is 1. The molecule has 0 saturated carbocycles. The van der Waals surface area contributed by atoms with Gasteiger partial charge in [0, 0.05) is 22.8 Å². The standard InChI is InChI=1S/C26H22FN3O2S/c1-32-15-17-23-18(27)10-7-13-22(23)33-24(17)26(31)30-21(14-16-8-3-2-4-9-16)25-28-19-11-5-6-12-20(19)29-25/h2-13,21H,14-15H2,1H3,(H,28,29)(H,30,31)/t21-/m0/s1. The van der Waals surface area contributed by atoms with Crippen molar-refractivity contribution in [2.75, 3.05) is 7.11 Å². The number of carbonyl (C=O) groups is 1. The van der Waals surface area contributed by atoms with Crippen LogP contribution in [0, 0.1) is 5.82 Å². The van der Waals surface area contributed by atoms with E-state index in [4.69, 9.17) is 9.72 Å². The molecule has 33 heavy (non-hydrogen) atoms. The van der Waals surface area contributed by atoms with Crippen LogP contribution in [0.1, 0.15) is 32.7 Å². The van der Waals surface area contributed by atoms with Gasteiger partial charge in [-0.15, -0.1) is 11.3 Å². The number of hydrogen-bond acceptors (Lipinski definition) is 4. The summed E-state index contributed by atoms with van der Waals surface area (Å²) in [4.78, 5) is 22.0. The number of para-hydroxylation sites is 2. The number of hydrogen-bond donors (Lipinski definition) is 2. The highest BCUT2D eigenvalue weighted by Gasteiger charge is 2.25. The average molecular weight is 460 g/mol. The van der Waals surface area contributed by atoms with Gasteiger partial charge in [-0.2, -0.15) is 0 Å². The van der Waals surface area contributed by atoms with Crippen LogP contribution in [-0.4, -0.2) is 23.0 Å². The number of fused-ring (bicyclic) bond motifs is 2. The predicted octanol–water partition coefficient (Wildman–Crippen LogP) is 5.78. The molecule has 0 saturated heterocycles. The van der Waals surface area contributed by atoms with E-state index in [-0.39, 0.29) is 18.3 Å². The van der Waals surface area contributed by atoms with E-state index in [2.05, 4.69) is 10.3 Å². The van der Waals surface area contributed by atoms with Crippen molar-refractivity contribution >= 4 is 38.4 Å². The van der Waals surface area contributed by atoms with Crippen LogP contribution in [0.5, 0.6) is 0 Å². The van der Waals surface area contributed by atoms with Crippen molar-refractivity contribution in [1.82, 2.24) is 15.3 Å². The summed E-state index contributed by atoms with van der Waals surface area (Å²) >= 11 is 1.27. The number of methoxy groups -OCH3 is 1. The van der Waals surface area contributed by atoms with Crippen molar-refractivity contribution in [3.05, 3.63) is 100 Å². The molecule has 5 rings (SSSR count). The van der Waals surface area contributed by atoms with Gasteiger partial charge < -0.3 is 15.0 Å². The number of thiophene rings is 1.